The first-order valence-electron chi connectivity index (χ1n) is 4.81. The van der Waals surface area contributed by atoms with Crippen LogP contribution in [0, 0.1) is 6.92 Å². The molecule has 2 rings (SSSR count). The predicted molar refractivity (Wildman–Crippen MR) is 62.3 cm³/mol. The van der Waals surface area contributed by atoms with E-state index in [0.29, 0.717) is 5.82 Å². The molecule has 0 aliphatic rings. The molecule has 0 aliphatic heterocycles. The quantitative estimate of drug-likeness (QED) is 0.780. The van der Waals surface area contributed by atoms with Crippen molar-refractivity contribution >= 4 is 11.6 Å². The van der Waals surface area contributed by atoms with Gasteiger partial charge in [0.1, 0.15) is 11.6 Å². The highest BCUT2D eigenvalue weighted by atomic mass is 15.3. The number of hydrogen-bond acceptors (Lipinski definition) is 3. The van der Waals surface area contributed by atoms with E-state index in [2.05, 4.69) is 29.5 Å². The van der Waals surface area contributed by atoms with Crippen LogP contribution in [0.4, 0.5) is 11.6 Å². The van der Waals surface area contributed by atoms with E-state index in [9.17, 15) is 0 Å². The van der Waals surface area contributed by atoms with Crippen molar-refractivity contribution in [3.63, 3.8) is 0 Å². The first-order valence-corrected chi connectivity index (χ1v) is 4.81. The molecule has 0 amide bonds. The minimum absolute atomic E-state index is 0.515. The number of anilines is 2. The van der Waals surface area contributed by atoms with Crippen LogP contribution in [0.2, 0.25) is 0 Å². The van der Waals surface area contributed by atoms with E-state index in [4.69, 9.17) is 5.73 Å². The topological polar surface area (TPSA) is 55.9 Å². The largest absolute Gasteiger partial charge is 0.382 e. The Hall–Kier alpha value is -1.97. The first-order chi connectivity index (χ1) is 7.20. The van der Waals surface area contributed by atoms with Crippen molar-refractivity contribution in [1.82, 2.24) is 9.78 Å². The molecule has 0 saturated heterocycles. The molecule has 2 aromatic rings. The molecule has 1 aromatic heterocycles. The number of nitrogens with one attached hydrogen (secondary N) is 1. The van der Waals surface area contributed by atoms with Gasteiger partial charge in [-0.1, -0.05) is 12.1 Å². The van der Waals surface area contributed by atoms with E-state index in [1.54, 1.807) is 4.68 Å². The van der Waals surface area contributed by atoms with Gasteiger partial charge in [-0.3, -0.25) is 0 Å². The smallest absolute Gasteiger partial charge is 0.148 e. The first kappa shape index (κ1) is 9.58. The Labute approximate surface area is 88.7 Å². The number of nitrogens with zero attached hydrogens (tertiary/aromatic N) is 2. The van der Waals surface area contributed by atoms with Gasteiger partial charge < -0.3 is 11.1 Å². The second-order valence-electron chi connectivity index (χ2n) is 3.46. The molecule has 78 valence electrons. The van der Waals surface area contributed by atoms with Crippen molar-refractivity contribution in [2.75, 3.05) is 18.1 Å². The number of rotatable bonds is 2. The minimum Gasteiger partial charge on any atom is -0.382 e. The van der Waals surface area contributed by atoms with Gasteiger partial charge in [-0.15, -0.1) is 5.10 Å². The van der Waals surface area contributed by atoms with Crippen LogP contribution in [-0.4, -0.2) is 16.8 Å². The van der Waals surface area contributed by atoms with E-state index >= 15 is 0 Å². The van der Waals surface area contributed by atoms with Crippen LogP contribution in [-0.2, 0) is 0 Å². The maximum Gasteiger partial charge on any atom is 0.148 e. The monoisotopic (exact) mass is 202 g/mol. The molecule has 0 spiro atoms. The van der Waals surface area contributed by atoms with Gasteiger partial charge in [0, 0.05) is 13.1 Å². The van der Waals surface area contributed by atoms with Crippen molar-refractivity contribution in [1.29, 1.82) is 0 Å². The fraction of sp³-hybridized carbons (Fsp3) is 0.182. The Morgan fingerprint density at radius 2 is 2.13 bits per heavy atom. The maximum absolute atomic E-state index is 5.66. The molecule has 1 heterocycles. The van der Waals surface area contributed by atoms with Crippen LogP contribution in [0.15, 0.2) is 30.3 Å². The Morgan fingerprint density at radius 3 is 2.80 bits per heavy atom. The van der Waals surface area contributed by atoms with Gasteiger partial charge in [0.2, 0.25) is 0 Å². The van der Waals surface area contributed by atoms with E-state index in [0.717, 1.165) is 11.5 Å². The second-order valence-corrected chi connectivity index (χ2v) is 3.46. The zero-order valence-corrected chi connectivity index (χ0v) is 8.86. The maximum atomic E-state index is 5.66. The average Bonchev–Trinajstić information content (AvgIpc) is 2.59. The third-order valence-corrected chi connectivity index (χ3v) is 2.23. The standard InChI is InChI=1S/C11H14N4/c1-8-4-3-5-9(6-8)15-11(13-2)7-10(12)14-15/h3-7,13H,1-2H3,(H2,12,14). The second kappa shape index (κ2) is 3.65. The summed E-state index contributed by atoms with van der Waals surface area (Å²) < 4.78 is 1.79. The summed E-state index contributed by atoms with van der Waals surface area (Å²) in [6.07, 6.45) is 0. The third-order valence-electron chi connectivity index (χ3n) is 2.23. The molecule has 4 heteroatoms. The number of benzene rings is 1. The van der Waals surface area contributed by atoms with E-state index < -0.39 is 0 Å². The number of hydrogen-bond donors (Lipinski definition) is 2. The lowest BCUT2D eigenvalue weighted by molar-refractivity contribution is 0.889. The molecule has 4 nitrogen and oxygen atoms in total. The Morgan fingerprint density at radius 1 is 1.33 bits per heavy atom. The number of aromatic nitrogens is 2. The summed E-state index contributed by atoms with van der Waals surface area (Å²) in [5.74, 6) is 1.40. The molecule has 0 unspecified atom stereocenters. The van der Waals surface area contributed by atoms with Gasteiger partial charge in [-0.2, -0.15) is 0 Å². The molecular formula is C11H14N4. The minimum atomic E-state index is 0.515. The summed E-state index contributed by atoms with van der Waals surface area (Å²) >= 11 is 0. The van der Waals surface area contributed by atoms with Crippen LogP contribution >= 0.6 is 0 Å². The molecule has 0 radical (unpaired) electrons. The molecule has 15 heavy (non-hydrogen) atoms. The highest BCUT2D eigenvalue weighted by molar-refractivity contribution is 5.51. The molecule has 0 bridgehead atoms. The number of aryl methyl sites for hydroxylation is 1. The van der Waals surface area contributed by atoms with Gasteiger partial charge in [0.25, 0.3) is 0 Å². The number of nitrogen functional groups attached to an aromatic ring is 1. The summed E-state index contributed by atoms with van der Waals surface area (Å²) in [5.41, 5.74) is 7.87. The van der Waals surface area contributed by atoms with Crippen LogP contribution in [0.1, 0.15) is 5.56 Å². The summed E-state index contributed by atoms with van der Waals surface area (Å²) in [4.78, 5) is 0. The zero-order chi connectivity index (χ0) is 10.8. The van der Waals surface area contributed by atoms with E-state index in [-0.39, 0.29) is 0 Å². The van der Waals surface area contributed by atoms with Gasteiger partial charge in [-0.25, -0.2) is 4.68 Å². The Bertz CT molecular complexity index is 473. The summed E-state index contributed by atoms with van der Waals surface area (Å²) in [6, 6.07) is 9.92. The highest BCUT2D eigenvalue weighted by Crippen LogP contribution is 2.18. The van der Waals surface area contributed by atoms with Crippen LogP contribution in [0.5, 0.6) is 0 Å². The van der Waals surface area contributed by atoms with Crippen LogP contribution < -0.4 is 11.1 Å². The Balaban J connectivity index is 2.53. The van der Waals surface area contributed by atoms with Crippen molar-refractivity contribution in [3.8, 4) is 5.69 Å². The van der Waals surface area contributed by atoms with Crippen molar-refractivity contribution < 1.29 is 0 Å². The predicted octanol–water partition coefficient (Wildman–Crippen LogP) is 1.80. The molecule has 0 saturated carbocycles. The van der Waals surface area contributed by atoms with E-state index in [1.807, 2.05) is 25.2 Å². The highest BCUT2D eigenvalue weighted by Gasteiger charge is 2.05. The van der Waals surface area contributed by atoms with Crippen molar-refractivity contribution in [3.05, 3.63) is 35.9 Å². The van der Waals surface area contributed by atoms with Crippen LogP contribution in [0.3, 0.4) is 0 Å². The lowest BCUT2D eigenvalue weighted by atomic mass is 10.2. The van der Waals surface area contributed by atoms with Crippen molar-refractivity contribution in [2.45, 2.75) is 6.92 Å². The van der Waals surface area contributed by atoms with Gasteiger partial charge >= 0.3 is 0 Å². The van der Waals surface area contributed by atoms with Gasteiger partial charge in [0.15, 0.2) is 0 Å². The SMILES string of the molecule is CNc1cc(N)nn1-c1cccc(C)c1. The number of nitrogens with two attached hydrogens (primary N) is 1. The van der Waals surface area contributed by atoms with Crippen molar-refractivity contribution in [2.24, 2.45) is 0 Å². The fourth-order valence-corrected chi connectivity index (χ4v) is 1.53. The van der Waals surface area contributed by atoms with E-state index in [1.165, 1.54) is 5.56 Å². The Kier molecular flexibility index (Phi) is 2.33. The summed E-state index contributed by atoms with van der Waals surface area (Å²) in [7, 11) is 1.85. The van der Waals surface area contributed by atoms with Crippen LogP contribution in [0.25, 0.3) is 5.69 Å². The van der Waals surface area contributed by atoms with Gasteiger partial charge in [0.05, 0.1) is 5.69 Å². The fourth-order valence-electron chi connectivity index (χ4n) is 1.53. The molecule has 0 atom stereocenters. The molecule has 0 fully saturated rings. The molecule has 1 aromatic carbocycles. The normalized spacial score (nSPS) is 10.3. The molecule has 3 N–H and O–H groups in total. The summed E-state index contributed by atoms with van der Waals surface area (Å²) in [6.45, 7) is 2.05. The van der Waals surface area contributed by atoms with Gasteiger partial charge in [-0.05, 0) is 24.6 Å². The summed E-state index contributed by atoms with van der Waals surface area (Å²) in [5, 5.41) is 7.28. The molecular weight excluding hydrogens is 188 g/mol. The lowest BCUT2D eigenvalue weighted by Crippen LogP contribution is -2.02. The molecule has 0 aliphatic carbocycles. The lowest BCUT2D eigenvalue weighted by Gasteiger charge is -2.06. The zero-order valence-electron chi connectivity index (χ0n) is 8.86. The third kappa shape index (κ3) is 1.79. The average molecular weight is 202 g/mol.